The summed E-state index contributed by atoms with van der Waals surface area (Å²) in [5.41, 5.74) is 0. The smallest absolute Gasteiger partial charge is 0.258 e. The predicted molar refractivity (Wildman–Crippen MR) is 72.3 cm³/mol. The van der Waals surface area contributed by atoms with Crippen molar-refractivity contribution in [2.75, 3.05) is 11.9 Å². The Morgan fingerprint density at radius 2 is 2.16 bits per heavy atom. The van der Waals surface area contributed by atoms with E-state index in [1.807, 2.05) is 0 Å². The highest BCUT2D eigenvalue weighted by Gasteiger charge is 2.07. The molecule has 0 amide bonds. The highest BCUT2D eigenvalue weighted by Crippen LogP contribution is 2.09. The van der Waals surface area contributed by atoms with Gasteiger partial charge in [0.2, 0.25) is 11.2 Å². The second-order valence-corrected chi connectivity index (χ2v) is 4.87. The molecule has 8 heteroatoms. The van der Waals surface area contributed by atoms with Crippen LogP contribution in [-0.2, 0) is 0 Å². The van der Waals surface area contributed by atoms with Crippen molar-refractivity contribution < 1.29 is 0 Å². The predicted octanol–water partition coefficient (Wildman–Crippen LogP) is 1.95. The second kappa shape index (κ2) is 6.42. The lowest BCUT2D eigenvalue weighted by Gasteiger charge is -2.07. The first kappa shape index (κ1) is 13.7. The van der Waals surface area contributed by atoms with Crippen LogP contribution in [0.15, 0.2) is 12.7 Å². The van der Waals surface area contributed by atoms with Crippen molar-refractivity contribution >= 4 is 17.5 Å². The Labute approximate surface area is 116 Å². The Kier molecular flexibility index (Phi) is 4.62. The van der Waals surface area contributed by atoms with Crippen molar-refractivity contribution in [3.05, 3.63) is 17.9 Å². The van der Waals surface area contributed by atoms with Crippen LogP contribution >= 0.6 is 11.6 Å². The maximum Gasteiger partial charge on any atom is 0.258 e. The molecule has 0 unspecified atom stereocenters. The van der Waals surface area contributed by atoms with E-state index in [0.29, 0.717) is 17.8 Å². The first-order chi connectivity index (χ1) is 9.15. The summed E-state index contributed by atoms with van der Waals surface area (Å²) >= 11 is 5.87. The molecule has 19 heavy (non-hydrogen) atoms. The average Bonchev–Trinajstić information content (AvgIpc) is 2.87. The molecule has 0 spiro atoms. The van der Waals surface area contributed by atoms with Crippen molar-refractivity contribution in [3.8, 4) is 5.95 Å². The quantitative estimate of drug-likeness (QED) is 0.815. The SMILES string of the molecule is CC(C)CCCNc1nc(Cl)nc(-n2cncn2)n1. The summed E-state index contributed by atoms with van der Waals surface area (Å²) in [6.07, 6.45) is 5.13. The van der Waals surface area contributed by atoms with Gasteiger partial charge in [0.05, 0.1) is 0 Å². The fourth-order valence-electron chi connectivity index (χ4n) is 1.54. The van der Waals surface area contributed by atoms with E-state index in [4.69, 9.17) is 11.6 Å². The molecule has 0 aliphatic heterocycles. The zero-order chi connectivity index (χ0) is 13.7. The van der Waals surface area contributed by atoms with Crippen LogP contribution < -0.4 is 5.32 Å². The molecule has 7 nitrogen and oxygen atoms in total. The van der Waals surface area contributed by atoms with Gasteiger partial charge in [-0.2, -0.15) is 24.7 Å². The van der Waals surface area contributed by atoms with Gasteiger partial charge in [-0.25, -0.2) is 4.98 Å². The number of nitrogens with one attached hydrogen (secondary N) is 1. The Bertz CT molecular complexity index is 512. The van der Waals surface area contributed by atoms with Crippen LogP contribution in [0.5, 0.6) is 0 Å². The lowest BCUT2D eigenvalue weighted by molar-refractivity contribution is 0.566. The van der Waals surface area contributed by atoms with Gasteiger partial charge in [0.15, 0.2) is 0 Å². The van der Waals surface area contributed by atoms with Crippen molar-refractivity contribution in [2.24, 2.45) is 5.92 Å². The molecule has 2 rings (SSSR count). The first-order valence-electron chi connectivity index (χ1n) is 6.15. The molecule has 2 aromatic heterocycles. The molecule has 0 fully saturated rings. The summed E-state index contributed by atoms with van der Waals surface area (Å²) in [4.78, 5) is 16.1. The summed E-state index contributed by atoms with van der Waals surface area (Å²) < 4.78 is 1.44. The number of aromatic nitrogens is 6. The molecule has 0 radical (unpaired) electrons. The number of hydrogen-bond acceptors (Lipinski definition) is 6. The third-order valence-corrected chi connectivity index (χ3v) is 2.63. The molecule has 1 N–H and O–H groups in total. The summed E-state index contributed by atoms with van der Waals surface area (Å²) in [6, 6.07) is 0. The minimum absolute atomic E-state index is 0.131. The van der Waals surface area contributed by atoms with E-state index < -0.39 is 0 Å². The Morgan fingerprint density at radius 3 is 2.84 bits per heavy atom. The number of rotatable bonds is 6. The minimum Gasteiger partial charge on any atom is -0.354 e. The molecule has 0 bridgehead atoms. The Balaban J connectivity index is 2.01. The molecule has 0 saturated carbocycles. The van der Waals surface area contributed by atoms with E-state index in [1.165, 1.54) is 17.3 Å². The molecule has 0 atom stereocenters. The fourth-order valence-corrected chi connectivity index (χ4v) is 1.70. The standard InChI is InChI=1S/C11H16ClN7/c1-8(2)4-3-5-14-10-16-9(12)17-11(18-10)19-7-13-6-15-19/h6-8H,3-5H2,1-2H3,(H,14,16,17,18). The van der Waals surface area contributed by atoms with Crippen LogP contribution in [0.2, 0.25) is 5.28 Å². The van der Waals surface area contributed by atoms with Gasteiger partial charge >= 0.3 is 0 Å². The number of anilines is 1. The van der Waals surface area contributed by atoms with Gasteiger partial charge in [0, 0.05) is 6.54 Å². The van der Waals surface area contributed by atoms with Crippen LogP contribution in [0.1, 0.15) is 26.7 Å². The van der Waals surface area contributed by atoms with Crippen molar-refractivity contribution in [1.29, 1.82) is 0 Å². The molecule has 0 aliphatic rings. The molecular weight excluding hydrogens is 266 g/mol. The highest BCUT2D eigenvalue weighted by molar-refractivity contribution is 6.28. The van der Waals surface area contributed by atoms with Crippen molar-refractivity contribution in [1.82, 2.24) is 29.7 Å². The molecule has 2 heterocycles. The number of nitrogens with zero attached hydrogens (tertiary/aromatic N) is 6. The largest absolute Gasteiger partial charge is 0.354 e. The van der Waals surface area contributed by atoms with E-state index in [9.17, 15) is 0 Å². The second-order valence-electron chi connectivity index (χ2n) is 4.53. The topological polar surface area (TPSA) is 81.4 Å². The van der Waals surface area contributed by atoms with Gasteiger partial charge in [-0.3, -0.25) is 0 Å². The number of halogens is 1. The lowest BCUT2D eigenvalue weighted by atomic mass is 10.1. The van der Waals surface area contributed by atoms with Gasteiger partial charge in [-0.15, -0.1) is 0 Å². The molecule has 0 aromatic carbocycles. The fraction of sp³-hybridized carbons (Fsp3) is 0.545. The van der Waals surface area contributed by atoms with Crippen LogP contribution in [0.4, 0.5) is 5.95 Å². The molecule has 0 saturated heterocycles. The molecular formula is C11H16ClN7. The van der Waals surface area contributed by atoms with Crippen LogP contribution in [0, 0.1) is 5.92 Å². The van der Waals surface area contributed by atoms with Gasteiger partial charge in [0.25, 0.3) is 5.95 Å². The molecule has 2 aromatic rings. The highest BCUT2D eigenvalue weighted by atomic mass is 35.5. The van der Waals surface area contributed by atoms with E-state index >= 15 is 0 Å². The minimum atomic E-state index is 0.131. The van der Waals surface area contributed by atoms with Crippen LogP contribution in [-0.4, -0.2) is 36.3 Å². The van der Waals surface area contributed by atoms with Crippen molar-refractivity contribution in [2.45, 2.75) is 26.7 Å². The molecule has 0 aliphatic carbocycles. The van der Waals surface area contributed by atoms with Gasteiger partial charge in [-0.1, -0.05) is 13.8 Å². The summed E-state index contributed by atoms with van der Waals surface area (Å²) in [5.74, 6) is 1.49. The first-order valence-corrected chi connectivity index (χ1v) is 6.53. The van der Waals surface area contributed by atoms with E-state index in [1.54, 1.807) is 0 Å². The maximum absolute atomic E-state index is 5.87. The van der Waals surface area contributed by atoms with Gasteiger partial charge in [-0.05, 0) is 30.4 Å². The summed E-state index contributed by atoms with van der Waals surface area (Å²) in [7, 11) is 0. The summed E-state index contributed by atoms with van der Waals surface area (Å²) in [6.45, 7) is 5.20. The van der Waals surface area contributed by atoms with E-state index in [-0.39, 0.29) is 5.28 Å². The monoisotopic (exact) mass is 281 g/mol. The van der Waals surface area contributed by atoms with Gasteiger partial charge < -0.3 is 5.32 Å². The summed E-state index contributed by atoms with van der Waals surface area (Å²) in [5, 5.41) is 7.22. The van der Waals surface area contributed by atoms with E-state index in [2.05, 4.69) is 44.2 Å². The average molecular weight is 282 g/mol. The zero-order valence-electron chi connectivity index (χ0n) is 10.9. The van der Waals surface area contributed by atoms with Crippen molar-refractivity contribution in [3.63, 3.8) is 0 Å². The van der Waals surface area contributed by atoms with Gasteiger partial charge in [0.1, 0.15) is 12.7 Å². The zero-order valence-corrected chi connectivity index (χ0v) is 11.7. The third kappa shape index (κ3) is 4.13. The molecule has 102 valence electrons. The van der Waals surface area contributed by atoms with E-state index in [0.717, 1.165) is 19.4 Å². The normalized spacial score (nSPS) is 10.9. The Morgan fingerprint density at radius 1 is 1.32 bits per heavy atom. The van der Waals surface area contributed by atoms with Crippen LogP contribution in [0.25, 0.3) is 5.95 Å². The van der Waals surface area contributed by atoms with Crippen LogP contribution in [0.3, 0.4) is 0 Å². The number of hydrogen-bond donors (Lipinski definition) is 1. The Hall–Kier alpha value is -1.76. The lowest BCUT2D eigenvalue weighted by Crippen LogP contribution is -2.10. The maximum atomic E-state index is 5.87. The third-order valence-electron chi connectivity index (χ3n) is 2.46.